The Morgan fingerprint density at radius 1 is 1.18 bits per heavy atom. The largest absolute Gasteiger partial charge is 0.367 e. The monoisotopic (exact) mass is 300 g/mol. The average molecular weight is 301 g/mol. The standard InChI is InChI=1S/C13H18BrFN2/c1-10(2)16-5-7-17(8-6-16)13-4-3-11(14)9-12(13)15/h3-4,9-10H,5-8H2,1-2H3. The molecule has 2 nitrogen and oxygen atoms in total. The molecule has 0 atom stereocenters. The Labute approximate surface area is 111 Å². The summed E-state index contributed by atoms with van der Waals surface area (Å²) >= 11 is 3.28. The van der Waals surface area contributed by atoms with Crippen LogP contribution in [-0.2, 0) is 0 Å². The molecule has 0 bridgehead atoms. The van der Waals surface area contributed by atoms with Crippen molar-refractivity contribution in [2.24, 2.45) is 0 Å². The predicted octanol–water partition coefficient (Wildman–Crippen LogP) is 3.12. The topological polar surface area (TPSA) is 6.48 Å². The molecule has 4 heteroatoms. The lowest BCUT2D eigenvalue weighted by Crippen LogP contribution is -2.49. The third kappa shape index (κ3) is 2.99. The molecule has 94 valence electrons. The second-order valence-electron chi connectivity index (χ2n) is 4.71. The summed E-state index contributed by atoms with van der Waals surface area (Å²) in [5, 5.41) is 0. The van der Waals surface area contributed by atoms with Crippen molar-refractivity contribution < 1.29 is 4.39 Å². The van der Waals surface area contributed by atoms with Crippen LogP contribution < -0.4 is 4.90 Å². The maximum atomic E-state index is 13.8. The maximum absolute atomic E-state index is 13.8. The first-order chi connectivity index (χ1) is 8.08. The van der Waals surface area contributed by atoms with E-state index in [1.807, 2.05) is 12.1 Å². The highest BCUT2D eigenvalue weighted by molar-refractivity contribution is 9.10. The van der Waals surface area contributed by atoms with E-state index >= 15 is 0 Å². The summed E-state index contributed by atoms with van der Waals surface area (Å²) in [5.41, 5.74) is 0.719. The summed E-state index contributed by atoms with van der Waals surface area (Å²) in [4.78, 5) is 4.55. The van der Waals surface area contributed by atoms with Crippen LogP contribution in [0.3, 0.4) is 0 Å². The third-order valence-corrected chi connectivity index (χ3v) is 3.79. The second-order valence-corrected chi connectivity index (χ2v) is 5.63. The van der Waals surface area contributed by atoms with E-state index in [-0.39, 0.29) is 5.82 Å². The zero-order chi connectivity index (χ0) is 12.4. The molecule has 0 spiro atoms. The van der Waals surface area contributed by atoms with E-state index in [1.54, 1.807) is 0 Å². The first kappa shape index (κ1) is 12.8. The fourth-order valence-electron chi connectivity index (χ4n) is 2.22. The molecule has 1 aromatic rings. The minimum absolute atomic E-state index is 0.141. The van der Waals surface area contributed by atoms with Crippen LogP contribution in [0, 0.1) is 5.82 Å². The van der Waals surface area contributed by atoms with Crippen molar-refractivity contribution in [3.63, 3.8) is 0 Å². The smallest absolute Gasteiger partial charge is 0.147 e. The summed E-state index contributed by atoms with van der Waals surface area (Å²) in [6, 6.07) is 5.86. The Morgan fingerprint density at radius 3 is 2.35 bits per heavy atom. The van der Waals surface area contributed by atoms with Gasteiger partial charge in [0, 0.05) is 36.7 Å². The number of anilines is 1. The van der Waals surface area contributed by atoms with Crippen LogP contribution in [0.2, 0.25) is 0 Å². The van der Waals surface area contributed by atoms with Crippen LogP contribution in [0.1, 0.15) is 13.8 Å². The van der Waals surface area contributed by atoms with Gasteiger partial charge in [-0.05, 0) is 32.0 Å². The Hall–Kier alpha value is -0.610. The average Bonchev–Trinajstić information content (AvgIpc) is 2.29. The molecule has 1 saturated heterocycles. The fraction of sp³-hybridized carbons (Fsp3) is 0.538. The molecule has 17 heavy (non-hydrogen) atoms. The Kier molecular flexibility index (Phi) is 4.05. The van der Waals surface area contributed by atoms with Gasteiger partial charge >= 0.3 is 0 Å². The van der Waals surface area contributed by atoms with Gasteiger partial charge in [-0.1, -0.05) is 15.9 Å². The highest BCUT2D eigenvalue weighted by Crippen LogP contribution is 2.24. The van der Waals surface area contributed by atoms with Crippen LogP contribution in [-0.4, -0.2) is 37.1 Å². The summed E-state index contributed by atoms with van der Waals surface area (Å²) in [6.45, 7) is 8.22. The van der Waals surface area contributed by atoms with Gasteiger partial charge in [0.05, 0.1) is 5.69 Å². The van der Waals surface area contributed by atoms with Crippen LogP contribution in [0.5, 0.6) is 0 Å². The van der Waals surface area contributed by atoms with Crippen molar-refractivity contribution in [3.8, 4) is 0 Å². The molecule has 2 rings (SSSR count). The molecule has 1 heterocycles. The minimum Gasteiger partial charge on any atom is -0.367 e. The highest BCUT2D eigenvalue weighted by atomic mass is 79.9. The Balaban J connectivity index is 2.05. The van der Waals surface area contributed by atoms with Crippen LogP contribution >= 0.6 is 15.9 Å². The van der Waals surface area contributed by atoms with Crippen molar-refractivity contribution in [3.05, 3.63) is 28.5 Å². The second kappa shape index (κ2) is 5.36. The van der Waals surface area contributed by atoms with E-state index in [9.17, 15) is 4.39 Å². The Bertz CT molecular complexity index is 387. The zero-order valence-electron chi connectivity index (χ0n) is 10.3. The summed E-state index contributed by atoms with van der Waals surface area (Å²) < 4.78 is 14.6. The van der Waals surface area contributed by atoms with Gasteiger partial charge in [0.1, 0.15) is 5.82 Å². The van der Waals surface area contributed by atoms with Gasteiger partial charge in [0.15, 0.2) is 0 Å². The van der Waals surface area contributed by atoms with Gasteiger partial charge in [-0.15, -0.1) is 0 Å². The molecule has 0 radical (unpaired) electrons. The molecule has 0 N–H and O–H groups in total. The van der Waals surface area contributed by atoms with Crippen molar-refractivity contribution in [2.45, 2.75) is 19.9 Å². The quantitative estimate of drug-likeness (QED) is 0.828. The van der Waals surface area contributed by atoms with E-state index in [0.29, 0.717) is 6.04 Å². The van der Waals surface area contributed by atoms with Gasteiger partial charge in [0.2, 0.25) is 0 Å². The third-order valence-electron chi connectivity index (χ3n) is 3.29. The number of hydrogen-bond acceptors (Lipinski definition) is 2. The number of rotatable bonds is 2. The van der Waals surface area contributed by atoms with Gasteiger partial charge in [-0.25, -0.2) is 4.39 Å². The fourth-order valence-corrected chi connectivity index (χ4v) is 2.55. The molecule has 1 aliphatic rings. The molecule has 0 aromatic heterocycles. The molecular formula is C13H18BrFN2. The Morgan fingerprint density at radius 2 is 1.82 bits per heavy atom. The normalized spacial score (nSPS) is 17.8. The number of benzene rings is 1. The van der Waals surface area contributed by atoms with Gasteiger partial charge in [0.25, 0.3) is 0 Å². The highest BCUT2D eigenvalue weighted by Gasteiger charge is 2.20. The van der Waals surface area contributed by atoms with Crippen LogP contribution in [0.4, 0.5) is 10.1 Å². The van der Waals surface area contributed by atoms with Crippen molar-refractivity contribution >= 4 is 21.6 Å². The molecule has 0 saturated carbocycles. The number of piperazine rings is 1. The SMILES string of the molecule is CC(C)N1CCN(c2ccc(Br)cc2F)CC1. The molecule has 1 fully saturated rings. The van der Waals surface area contributed by atoms with Crippen LogP contribution in [0.15, 0.2) is 22.7 Å². The number of hydrogen-bond donors (Lipinski definition) is 0. The van der Waals surface area contributed by atoms with Crippen molar-refractivity contribution in [1.29, 1.82) is 0 Å². The summed E-state index contributed by atoms with van der Waals surface area (Å²) in [7, 11) is 0. The van der Waals surface area contributed by atoms with Gasteiger partial charge < -0.3 is 4.90 Å². The molecule has 0 amide bonds. The van der Waals surface area contributed by atoms with Crippen LogP contribution in [0.25, 0.3) is 0 Å². The minimum atomic E-state index is -0.141. The first-order valence-electron chi connectivity index (χ1n) is 6.02. The summed E-state index contributed by atoms with van der Waals surface area (Å²) in [5.74, 6) is -0.141. The zero-order valence-corrected chi connectivity index (χ0v) is 11.9. The number of halogens is 2. The molecule has 0 aliphatic carbocycles. The van der Waals surface area contributed by atoms with Crippen molar-refractivity contribution in [1.82, 2.24) is 4.90 Å². The molecule has 1 aliphatic heterocycles. The van der Waals surface area contributed by atoms with E-state index in [0.717, 1.165) is 36.3 Å². The van der Waals surface area contributed by atoms with Crippen molar-refractivity contribution in [2.75, 3.05) is 31.1 Å². The summed E-state index contributed by atoms with van der Waals surface area (Å²) in [6.07, 6.45) is 0. The van der Waals surface area contributed by atoms with E-state index in [1.165, 1.54) is 6.07 Å². The van der Waals surface area contributed by atoms with Gasteiger partial charge in [-0.2, -0.15) is 0 Å². The molecule has 1 aromatic carbocycles. The van der Waals surface area contributed by atoms with Gasteiger partial charge in [-0.3, -0.25) is 4.90 Å². The van der Waals surface area contributed by atoms with E-state index in [2.05, 4.69) is 39.6 Å². The van der Waals surface area contributed by atoms with E-state index < -0.39 is 0 Å². The lowest BCUT2D eigenvalue weighted by Gasteiger charge is -2.38. The number of nitrogens with zero attached hydrogens (tertiary/aromatic N) is 2. The van der Waals surface area contributed by atoms with E-state index in [4.69, 9.17) is 0 Å². The first-order valence-corrected chi connectivity index (χ1v) is 6.81. The maximum Gasteiger partial charge on any atom is 0.147 e. The molecule has 0 unspecified atom stereocenters. The lowest BCUT2D eigenvalue weighted by molar-refractivity contribution is 0.209. The lowest BCUT2D eigenvalue weighted by atomic mass is 10.2. The predicted molar refractivity (Wildman–Crippen MR) is 73.0 cm³/mol. The molecular weight excluding hydrogens is 283 g/mol.